The van der Waals surface area contributed by atoms with Crippen LogP contribution in [0.4, 0.5) is 5.69 Å². The molecule has 0 aliphatic carbocycles. The highest BCUT2D eigenvalue weighted by atomic mass is 16.5. The molecule has 0 fully saturated rings. The van der Waals surface area contributed by atoms with Gasteiger partial charge in [-0.05, 0) is 36.2 Å². The third-order valence-electron chi connectivity index (χ3n) is 3.20. The van der Waals surface area contributed by atoms with Gasteiger partial charge in [0.25, 0.3) is 0 Å². The lowest BCUT2D eigenvalue weighted by molar-refractivity contribution is -0.121. The van der Waals surface area contributed by atoms with Crippen molar-refractivity contribution in [2.75, 3.05) is 19.0 Å². The Morgan fingerprint density at radius 3 is 2.57 bits per heavy atom. The maximum absolute atomic E-state index is 11.7. The summed E-state index contributed by atoms with van der Waals surface area (Å²) in [5.41, 5.74) is 4.49. The minimum atomic E-state index is -0.0892. The largest absolute Gasteiger partial charge is 0.497 e. The highest BCUT2D eigenvalue weighted by Gasteiger charge is 1.99. The lowest BCUT2D eigenvalue weighted by Crippen LogP contribution is -2.18. The topological polar surface area (TPSA) is 62.7 Å². The van der Waals surface area contributed by atoms with Crippen LogP contribution < -0.4 is 15.5 Å². The van der Waals surface area contributed by atoms with Gasteiger partial charge in [0.05, 0.1) is 13.3 Å². The monoisotopic (exact) mass is 311 g/mol. The van der Waals surface area contributed by atoms with Crippen LogP contribution in [-0.2, 0) is 4.79 Å². The Labute approximate surface area is 136 Å². The van der Waals surface area contributed by atoms with E-state index in [1.165, 1.54) is 0 Å². The van der Waals surface area contributed by atoms with E-state index >= 15 is 0 Å². The number of nitrogens with zero attached hydrogens (tertiary/aromatic N) is 1. The van der Waals surface area contributed by atoms with Crippen molar-refractivity contribution in [3.05, 3.63) is 60.2 Å². The molecule has 0 bridgehead atoms. The van der Waals surface area contributed by atoms with Crippen LogP contribution in [0.2, 0.25) is 0 Å². The van der Waals surface area contributed by atoms with Gasteiger partial charge >= 0.3 is 0 Å². The van der Waals surface area contributed by atoms with E-state index in [4.69, 9.17) is 4.74 Å². The standard InChI is InChI=1S/C18H21N3O2/c1-23-17-11-9-16(10-12-17)19-13-5-8-18(22)21-20-14-15-6-3-2-4-7-15/h2-4,6-7,9-12,14,19H,5,8,13H2,1H3,(H,21,22)/b20-14+. The number of amides is 1. The molecule has 5 nitrogen and oxygen atoms in total. The van der Waals surface area contributed by atoms with Crippen molar-refractivity contribution in [3.63, 3.8) is 0 Å². The summed E-state index contributed by atoms with van der Waals surface area (Å²) in [7, 11) is 1.64. The molecule has 0 aliphatic heterocycles. The molecule has 0 aromatic heterocycles. The number of anilines is 1. The number of nitrogens with one attached hydrogen (secondary N) is 2. The summed E-state index contributed by atoms with van der Waals surface area (Å²) in [4.78, 5) is 11.7. The molecule has 0 unspecified atom stereocenters. The van der Waals surface area contributed by atoms with Gasteiger partial charge in [0.1, 0.15) is 5.75 Å². The van der Waals surface area contributed by atoms with E-state index in [0.717, 1.165) is 30.0 Å². The molecule has 23 heavy (non-hydrogen) atoms. The SMILES string of the molecule is COc1ccc(NCCCC(=O)N/N=C/c2ccccc2)cc1. The van der Waals surface area contributed by atoms with Gasteiger partial charge in [-0.1, -0.05) is 30.3 Å². The first-order valence-electron chi connectivity index (χ1n) is 7.53. The summed E-state index contributed by atoms with van der Waals surface area (Å²) in [6, 6.07) is 17.3. The Bertz CT molecular complexity index is 624. The maximum Gasteiger partial charge on any atom is 0.240 e. The second kappa shape index (κ2) is 9.25. The summed E-state index contributed by atoms with van der Waals surface area (Å²) < 4.78 is 5.10. The number of hydrogen-bond donors (Lipinski definition) is 2. The fourth-order valence-electron chi connectivity index (χ4n) is 1.96. The van der Waals surface area contributed by atoms with Gasteiger partial charge < -0.3 is 10.1 Å². The summed E-state index contributed by atoms with van der Waals surface area (Å²) in [6.45, 7) is 0.724. The lowest BCUT2D eigenvalue weighted by atomic mass is 10.2. The van der Waals surface area contributed by atoms with E-state index in [1.54, 1.807) is 13.3 Å². The predicted molar refractivity (Wildman–Crippen MR) is 92.9 cm³/mol. The highest BCUT2D eigenvalue weighted by molar-refractivity contribution is 5.82. The molecule has 0 saturated carbocycles. The number of methoxy groups -OCH3 is 1. The third kappa shape index (κ3) is 6.22. The molecule has 0 atom stereocenters. The molecule has 2 aromatic carbocycles. The molecule has 2 aromatic rings. The van der Waals surface area contributed by atoms with Crippen LogP contribution in [0.15, 0.2) is 59.7 Å². The Morgan fingerprint density at radius 2 is 1.87 bits per heavy atom. The summed E-state index contributed by atoms with van der Waals surface area (Å²) in [5, 5.41) is 7.20. The second-order valence-corrected chi connectivity index (χ2v) is 4.96. The van der Waals surface area contributed by atoms with Crippen molar-refractivity contribution >= 4 is 17.8 Å². The highest BCUT2D eigenvalue weighted by Crippen LogP contribution is 2.14. The minimum absolute atomic E-state index is 0.0892. The second-order valence-electron chi connectivity index (χ2n) is 4.96. The molecule has 2 N–H and O–H groups in total. The van der Waals surface area contributed by atoms with Gasteiger partial charge in [-0.15, -0.1) is 0 Å². The van der Waals surface area contributed by atoms with Crippen LogP contribution in [0, 0.1) is 0 Å². The van der Waals surface area contributed by atoms with Gasteiger partial charge in [0, 0.05) is 18.7 Å². The average molecular weight is 311 g/mol. The summed E-state index contributed by atoms with van der Waals surface area (Å²) >= 11 is 0. The van der Waals surface area contributed by atoms with E-state index in [-0.39, 0.29) is 5.91 Å². The number of hydrogen-bond acceptors (Lipinski definition) is 4. The van der Waals surface area contributed by atoms with Crippen LogP contribution >= 0.6 is 0 Å². The van der Waals surface area contributed by atoms with Gasteiger partial charge in [0.15, 0.2) is 0 Å². The minimum Gasteiger partial charge on any atom is -0.497 e. The molecular formula is C18H21N3O2. The fraction of sp³-hybridized carbons (Fsp3) is 0.222. The predicted octanol–water partition coefficient (Wildman–Crippen LogP) is 3.04. The van der Waals surface area contributed by atoms with Crippen molar-refractivity contribution in [2.24, 2.45) is 5.10 Å². The Balaban J connectivity index is 1.62. The molecule has 0 heterocycles. The zero-order chi connectivity index (χ0) is 16.3. The van der Waals surface area contributed by atoms with Crippen LogP contribution in [0.5, 0.6) is 5.75 Å². The Kier molecular flexibility index (Phi) is 6.65. The van der Waals surface area contributed by atoms with Crippen molar-refractivity contribution in [3.8, 4) is 5.75 Å². The smallest absolute Gasteiger partial charge is 0.240 e. The molecule has 0 saturated heterocycles. The number of rotatable bonds is 8. The number of carbonyl (C=O) groups is 1. The molecule has 2 rings (SSSR count). The van der Waals surface area contributed by atoms with Crippen molar-refractivity contribution in [2.45, 2.75) is 12.8 Å². The first-order chi connectivity index (χ1) is 11.3. The number of benzene rings is 2. The van der Waals surface area contributed by atoms with Gasteiger partial charge in [-0.25, -0.2) is 5.43 Å². The van der Waals surface area contributed by atoms with Gasteiger partial charge in [0.2, 0.25) is 5.91 Å². The Hall–Kier alpha value is -2.82. The lowest BCUT2D eigenvalue weighted by Gasteiger charge is -2.06. The van der Waals surface area contributed by atoms with E-state index in [0.29, 0.717) is 6.42 Å². The number of carbonyl (C=O) groups excluding carboxylic acids is 1. The molecule has 0 spiro atoms. The van der Waals surface area contributed by atoms with E-state index < -0.39 is 0 Å². The summed E-state index contributed by atoms with van der Waals surface area (Å²) in [6.07, 6.45) is 2.79. The van der Waals surface area contributed by atoms with Crippen LogP contribution in [0.25, 0.3) is 0 Å². The normalized spacial score (nSPS) is 10.5. The average Bonchev–Trinajstić information content (AvgIpc) is 2.60. The Morgan fingerprint density at radius 1 is 1.13 bits per heavy atom. The third-order valence-corrected chi connectivity index (χ3v) is 3.20. The van der Waals surface area contributed by atoms with Crippen molar-refractivity contribution < 1.29 is 9.53 Å². The maximum atomic E-state index is 11.7. The van der Waals surface area contributed by atoms with Crippen LogP contribution in [-0.4, -0.2) is 25.8 Å². The molecule has 5 heteroatoms. The van der Waals surface area contributed by atoms with Crippen molar-refractivity contribution in [1.29, 1.82) is 0 Å². The molecular weight excluding hydrogens is 290 g/mol. The molecule has 0 aliphatic rings. The van der Waals surface area contributed by atoms with E-state index in [2.05, 4.69) is 15.8 Å². The van der Waals surface area contributed by atoms with Crippen LogP contribution in [0.1, 0.15) is 18.4 Å². The molecule has 1 amide bonds. The first-order valence-corrected chi connectivity index (χ1v) is 7.53. The van der Waals surface area contributed by atoms with Gasteiger partial charge in [-0.2, -0.15) is 5.10 Å². The fourth-order valence-corrected chi connectivity index (χ4v) is 1.96. The number of ether oxygens (including phenoxy) is 1. The van der Waals surface area contributed by atoms with Gasteiger partial charge in [-0.3, -0.25) is 4.79 Å². The quantitative estimate of drug-likeness (QED) is 0.447. The van der Waals surface area contributed by atoms with Crippen LogP contribution in [0.3, 0.4) is 0 Å². The van der Waals surface area contributed by atoms with Crippen molar-refractivity contribution in [1.82, 2.24) is 5.43 Å². The van der Waals surface area contributed by atoms with E-state index in [1.807, 2.05) is 54.6 Å². The first kappa shape index (κ1) is 16.5. The zero-order valence-corrected chi connectivity index (χ0v) is 13.2. The zero-order valence-electron chi connectivity index (χ0n) is 13.2. The van der Waals surface area contributed by atoms with E-state index in [9.17, 15) is 4.79 Å². The summed E-state index contributed by atoms with van der Waals surface area (Å²) in [5.74, 6) is 0.736. The number of hydrazone groups is 1. The molecule has 120 valence electrons. The molecule has 0 radical (unpaired) electrons.